The van der Waals surface area contributed by atoms with Crippen LogP contribution in [0.15, 0.2) is 139 Å². The van der Waals surface area contributed by atoms with Gasteiger partial charge in [-0.1, -0.05) is 210 Å². The van der Waals surface area contributed by atoms with Gasteiger partial charge < -0.3 is 0 Å². The predicted molar refractivity (Wildman–Crippen MR) is 333 cm³/mol. The summed E-state index contributed by atoms with van der Waals surface area (Å²) in [4.78, 5) is 65.3. The fraction of sp³-hybridized carbons (Fsp3) is 0.200. The Kier molecular flexibility index (Phi) is 17.6. The highest BCUT2D eigenvalue weighted by Gasteiger charge is 2.44. The molecule has 9 aromatic carbocycles. The molecule has 0 atom stereocenters. The monoisotopic (exact) mass is 1380 g/mol. The average Bonchev–Trinajstić information content (AvgIpc) is 3.47. The fourth-order valence-corrected chi connectivity index (χ4v) is 12.1. The number of benzene rings is 9. The van der Waals surface area contributed by atoms with Crippen molar-refractivity contribution in [2.24, 2.45) is 0 Å². The first-order valence-electron chi connectivity index (χ1n) is 24.3. The van der Waals surface area contributed by atoms with Crippen LogP contribution in [0.3, 0.4) is 0 Å². The molecule has 16 heteroatoms. The lowest BCUT2D eigenvalue weighted by Gasteiger charge is -2.37. The van der Waals surface area contributed by atoms with Gasteiger partial charge in [0.2, 0.25) is 0 Å². The van der Waals surface area contributed by atoms with Crippen molar-refractivity contribution in [2.45, 2.75) is 74.1 Å². The van der Waals surface area contributed by atoms with E-state index in [-0.39, 0.29) is 35.7 Å². The van der Waals surface area contributed by atoms with Crippen LogP contribution >= 0.6 is 133 Å². The van der Waals surface area contributed by atoms with Crippen molar-refractivity contribution in [1.82, 2.24) is 9.80 Å². The first kappa shape index (κ1) is 56.9. The van der Waals surface area contributed by atoms with Crippen LogP contribution in [0, 0.1) is 0 Å². The van der Waals surface area contributed by atoms with Crippen LogP contribution in [-0.2, 0) is 0 Å². The van der Waals surface area contributed by atoms with Gasteiger partial charge in [0.15, 0.2) is 8.59 Å². The first-order valence-corrected chi connectivity index (χ1v) is 30.1. The van der Waals surface area contributed by atoms with Crippen molar-refractivity contribution in [3.63, 3.8) is 0 Å². The predicted octanol–water partition coefficient (Wildman–Crippen LogP) is 21.0. The summed E-state index contributed by atoms with van der Waals surface area (Å²) in [6, 6.07) is 39.6. The molecule has 0 aliphatic carbocycles. The number of fused-ring (bicyclic) bond motifs is 2. The summed E-state index contributed by atoms with van der Waals surface area (Å²) in [5.41, 5.74) is 8.00. The van der Waals surface area contributed by atoms with E-state index < -0.39 is 8.59 Å². The molecule has 0 saturated carbocycles. The highest BCUT2D eigenvalue weighted by Crippen LogP contribution is 2.54. The molecule has 2 aliphatic heterocycles. The summed E-state index contributed by atoms with van der Waals surface area (Å²) in [6.45, 7) is 8.10. The molecule has 0 unspecified atom stereocenters. The van der Waals surface area contributed by atoms with Gasteiger partial charge in [0.1, 0.15) is 0 Å². The number of alkyl halides is 6. The van der Waals surface area contributed by atoms with Crippen molar-refractivity contribution in [3.8, 4) is 44.5 Å². The Labute approximate surface area is 504 Å². The molecule has 0 radical (unpaired) electrons. The van der Waals surface area contributed by atoms with Crippen LogP contribution in [0.25, 0.3) is 87.6 Å². The Morgan fingerprint density at radius 1 is 0.342 bits per heavy atom. The molecule has 0 N–H and O–H groups in total. The maximum Gasteiger partial charge on any atom is 0.262 e. The Bertz CT molecular complexity index is 3280. The maximum atomic E-state index is 15.6. The van der Waals surface area contributed by atoms with Gasteiger partial charge in [0.05, 0.1) is 22.3 Å². The van der Waals surface area contributed by atoms with E-state index in [4.69, 9.17) is 69.6 Å². The van der Waals surface area contributed by atoms with Gasteiger partial charge in [-0.2, -0.15) is 0 Å². The number of carbonyl (C=O) groups excluding carboxylic acids is 4. The quantitative estimate of drug-likeness (QED) is 0.0592. The summed E-state index contributed by atoms with van der Waals surface area (Å²) in [5.74, 6) is -1.28. The van der Waals surface area contributed by atoms with Crippen LogP contribution in [0.2, 0.25) is 0 Å². The molecule has 2 heterocycles. The zero-order valence-electron chi connectivity index (χ0n) is 41.0. The molecule has 4 amide bonds. The molecule has 388 valence electrons. The number of imide groups is 2. The standard InChI is InChI=1S/C58H42Br4N2O4.2CHCl3/c1-5-37(6-2)63-55(65)49-39(29-9-17-33(59)18-10-29)25-43-45-27-41(31-13-21-35(61)22-14-31)51-54-48(45)46(44-26-40(30-11-19-34(60)20-12-30)50(56(63)66)53(49)47(43)44)28-42(32-15-23-36(62)24-16-32)52(54)58(68)64(57(51)67)38(7-3)8-4;2*2-1(3)4/h9-28,37-38H,5-8H2,1-4H3;2*1H. The number of nitrogens with zero attached hydrogens (tertiary/aromatic N) is 2. The number of hydrogen-bond acceptors (Lipinski definition) is 4. The largest absolute Gasteiger partial charge is 0.271 e. The molecule has 9 aromatic rings. The van der Waals surface area contributed by atoms with Gasteiger partial charge >= 0.3 is 0 Å². The zero-order valence-corrected chi connectivity index (χ0v) is 51.9. The lowest BCUT2D eigenvalue weighted by molar-refractivity contribution is 0.0515. The van der Waals surface area contributed by atoms with E-state index in [9.17, 15) is 0 Å². The lowest BCUT2D eigenvalue weighted by atomic mass is 9.75. The van der Waals surface area contributed by atoms with Crippen LogP contribution in [0.5, 0.6) is 0 Å². The van der Waals surface area contributed by atoms with Gasteiger partial charge in [0.25, 0.3) is 23.6 Å². The lowest BCUT2D eigenvalue weighted by Crippen LogP contribution is -2.47. The smallest absolute Gasteiger partial charge is 0.262 e. The molecule has 0 bridgehead atoms. The van der Waals surface area contributed by atoms with Crippen molar-refractivity contribution >= 4 is 200 Å². The minimum Gasteiger partial charge on any atom is -0.271 e. The van der Waals surface area contributed by atoms with Crippen molar-refractivity contribution < 1.29 is 19.2 Å². The maximum absolute atomic E-state index is 15.6. The van der Waals surface area contributed by atoms with E-state index in [1.54, 1.807) is 0 Å². The number of amides is 4. The Morgan fingerprint density at radius 3 is 0.697 bits per heavy atom. The minimum absolute atomic E-state index is 0.320. The first-order chi connectivity index (χ1) is 36.3. The second-order valence-electron chi connectivity index (χ2n) is 18.3. The van der Waals surface area contributed by atoms with Crippen molar-refractivity contribution in [2.75, 3.05) is 0 Å². The Hall–Kier alpha value is -3.78. The number of carbonyl (C=O) groups is 4. The van der Waals surface area contributed by atoms with Gasteiger partial charge in [-0.3, -0.25) is 29.0 Å². The average molecular weight is 1390 g/mol. The van der Waals surface area contributed by atoms with E-state index in [1.165, 1.54) is 9.80 Å². The van der Waals surface area contributed by atoms with E-state index >= 15 is 19.2 Å². The topological polar surface area (TPSA) is 74.8 Å². The molecule has 0 saturated heterocycles. The SMILES string of the molecule is CCC(CC)N1C(=O)c2c(-c3ccc(Br)cc3)cc3c4cc(-c5ccc(Br)cc5)c5c6c(c(-c7ccc(Br)cc7)cc(c7cc(-c8ccc(Br)cc8)c(c2c37)C1=O)c64)C(=O)N(C(CC)CC)C5=O.ClC(Cl)Cl.ClC(Cl)Cl. The van der Waals surface area contributed by atoms with Crippen LogP contribution in [-0.4, -0.2) is 54.1 Å². The van der Waals surface area contributed by atoms with E-state index in [0.717, 1.165) is 72.5 Å². The molecular weight excluding hydrogens is 1350 g/mol. The van der Waals surface area contributed by atoms with E-state index in [0.29, 0.717) is 81.0 Å². The minimum atomic E-state index is -0.750. The number of halogens is 10. The number of hydrogen-bond donors (Lipinski definition) is 0. The van der Waals surface area contributed by atoms with Gasteiger partial charge in [0, 0.05) is 40.7 Å². The molecule has 0 aromatic heterocycles. The van der Waals surface area contributed by atoms with Crippen LogP contribution in [0.4, 0.5) is 0 Å². The van der Waals surface area contributed by atoms with E-state index in [2.05, 4.69) is 88.0 Å². The number of rotatable bonds is 10. The highest BCUT2D eigenvalue weighted by atomic mass is 79.9. The van der Waals surface area contributed by atoms with Crippen molar-refractivity contribution in [3.05, 3.63) is 161 Å². The fourth-order valence-electron chi connectivity index (χ4n) is 11.1. The van der Waals surface area contributed by atoms with E-state index in [1.807, 2.05) is 125 Å². The summed E-state index contributed by atoms with van der Waals surface area (Å²) in [7, 11) is 0. The Balaban J connectivity index is 0.000000826. The summed E-state index contributed by atoms with van der Waals surface area (Å²) in [6.07, 6.45) is 2.42. The third-order valence-corrected chi connectivity index (χ3v) is 16.5. The third kappa shape index (κ3) is 10.4. The molecule has 0 fully saturated rings. The van der Waals surface area contributed by atoms with Crippen molar-refractivity contribution in [1.29, 1.82) is 0 Å². The second-order valence-corrected chi connectivity index (χ2v) is 25.9. The molecule has 11 rings (SSSR count). The second kappa shape index (κ2) is 23.5. The third-order valence-electron chi connectivity index (χ3n) is 14.4. The summed E-state index contributed by atoms with van der Waals surface area (Å²) < 4.78 is 2.07. The van der Waals surface area contributed by atoms with Gasteiger partial charge in [-0.15, -0.1) is 0 Å². The molecular formula is C60H44Br4Cl6N2O4. The van der Waals surface area contributed by atoms with Crippen LogP contribution in [0.1, 0.15) is 94.8 Å². The molecule has 0 spiro atoms. The Morgan fingerprint density at radius 2 is 0.526 bits per heavy atom. The molecule has 6 nitrogen and oxygen atoms in total. The van der Waals surface area contributed by atoms with Gasteiger partial charge in [-0.25, -0.2) is 0 Å². The zero-order chi connectivity index (χ0) is 54.6. The normalized spacial score (nSPS) is 13.3. The molecule has 76 heavy (non-hydrogen) atoms. The summed E-state index contributed by atoms with van der Waals surface area (Å²) >= 11 is 43.4. The van der Waals surface area contributed by atoms with Gasteiger partial charge in [-0.05, 0) is 175 Å². The molecule has 2 aliphatic rings. The summed E-state index contributed by atoms with van der Waals surface area (Å²) in [5, 5.41) is 6.06. The highest BCUT2D eigenvalue weighted by molar-refractivity contribution is 9.11. The van der Waals surface area contributed by atoms with Crippen LogP contribution < -0.4 is 0 Å².